The molecule has 2 aromatic carbocycles. The van der Waals surface area contributed by atoms with Gasteiger partial charge in [-0.05, 0) is 24.1 Å². The minimum atomic E-state index is -0.456. The van der Waals surface area contributed by atoms with Crippen molar-refractivity contribution in [2.75, 3.05) is 11.6 Å². The molecule has 3 aromatic rings. The number of aromatic hydroxyl groups is 1. The topological polar surface area (TPSA) is 67.6 Å². The maximum Gasteiger partial charge on any atom is 0.315 e. The third-order valence-corrected chi connectivity index (χ3v) is 4.82. The van der Waals surface area contributed by atoms with E-state index in [4.69, 9.17) is 4.74 Å². The molecule has 28 heavy (non-hydrogen) atoms. The lowest BCUT2D eigenvalue weighted by Crippen LogP contribution is -2.38. The van der Waals surface area contributed by atoms with E-state index in [1.807, 2.05) is 72.6 Å². The number of hydrogen-bond acceptors (Lipinski definition) is 5. The summed E-state index contributed by atoms with van der Waals surface area (Å²) in [5.74, 6) is -0.816. The average Bonchev–Trinajstić information content (AvgIpc) is 3.07. The molecule has 6 heteroatoms. The third-order valence-electron chi connectivity index (χ3n) is 4.82. The molecule has 1 atom stereocenters. The van der Waals surface area contributed by atoms with Crippen molar-refractivity contribution in [2.45, 2.75) is 13.5 Å². The molecule has 0 spiro atoms. The molecule has 1 aliphatic rings. The number of rotatable bonds is 4. The SMILES string of the molecule is CC1=Cc2ccccc2N(n2ccc(O)n2)CC1C(=O)OCc1ccccc1. The monoisotopic (exact) mass is 375 g/mol. The van der Waals surface area contributed by atoms with E-state index in [0.29, 0.717) is 6.54 Å². The Morgan fingerprint density at radius 2 is 1.89 bits per heavy atom. The molecule has 142 valence electrons. The number of ether oxygens (including phenoxy) is 1. The highest BCUT2D eigenvalue weighted by Crippen LogP contribution is 2.31. The first kappa shape index (κ1) is 17.9. The predicted octanol–water partition coefficient (Wildman–Crippen LogP) is 3.63. The lowest BCUT2D eigenvalue weighted by molar-refractivity contribution is -0.148. The Hall–Kier alpha value is -3.54. The van der Waals surface area contributed by atoms with Crippen LogP contribution in [0.15, 0.2) is 72.4 Å². The summed E-state index contributed by atoms with van der Waals surface area (Å²) in [4.78, 5) is 14.5. The summed E-state index contributed by atoms with van der Waals surface area (Å²) in [7, 11) is 0. The van der Waals surface area contributed by atoms with Gasteiger partial charge in [-0.3, -0.25) is 9.80 Å². The second-order valence-corrected chi connectivity index (χ2v) is 6.77. The van der Waals surface area contributed by atoms with Crippen molar-refractivity contribution in [1.29, 1.82) is 0 Å². The van der Waals surface area contributed by atoms with Crippen LogP contribution >= 0.6 is 0 Å². The van der Waals surface area contributed by atoms with Gasteiger partial charge in [0.25, 0.3) is 0 Å². The summed E-state index contributed by atoms with van der Waals surface area (Å²) in [5.41, 5.74) is 3.75. The number of carbonyl (C=O) groups excluding carboxylic acids is 1. The minimum Gasteiger partial charge on any atom is -0.492 e. The molecular formula is C22H21N3O3. The lowest BCUT2D eigenvalue weighted by atomic mass is 9.99. The Labute approximate surface area is 163 Å². The van der Waals surface area contributed by atoms with Crippen molar-refractivity contribution in [2.24, 2.45) is 5.92 Å². The molecule has 0 radical (unpaired) electrons. The van der Waals surface area contributed by atoms with Gasteiger partial charge >= 0.3 is 5.97 Å². The Morgan fingerprint density at radius 1 is 1.14 bits per heavy atom. The summed E-state index contributed by atoms with van der Waals surface area (Å²) >= 11 is 0. The van der Waals surface area contributed by atoms with Gasteiger partial charge in [0.15, 0.2) is 0 Å². The number of anilines is 1. The van der Waals surface area contributed by atoms with Crippen LogP contribution < -0.4 is 5.01 Å². The molecule has 1 N–H and O–H groups in total. The summed E-state index contributed by atoms with van der Waals surface area (Å²) in [5, 5.41) is 15.7. The molecule has 0 bridgehead atoms. The number of nitrogens with zero attached hydrogens (tertiary/aromatic N) is 3. The van der Waals surface area contributed by atoms with E-state index in [-0.39, 0.29) is 18.5 Å². The van der Waals surface area contributed by atoms with Gasteiger partial charge in [-0.25, -0.2) is 0 Å². The number of fused-ring (bicyclic) bond motifs is 1. The first-order valence-electron chi connectivity index (χ1n) is 9.12. The zero-order valence-corrected chi connectivity index (χ0v) is 15.5. The van der Waals surface area contributed by atoms with Gasteiger partial charge in [0, 0.05) is 6.07 Å². The molecule has 1 aliphatic heterocycles. The van der Waals surface area contributed by atoms with Crippen LogP contribution in [0.25, 0.3) is 6.08 Å². The lowest BCUT2D eigenvalue weighted by Gasteiger charge is -2.27. The van der Waals surface area contributed by atoms with E-state index in [2.05, 4.69) is 5.10 Å². The van der Waals surface area contributed by atoms with E-state index in [9.17, 15) is 9.90 Å². The van der Waals surface area contributed by atoms with Gasteiger partial charge in [-0.15, -0.1) is 5.10 Å². The highest BCUT2D eigenvalue weighted by atomic mass is 16.5. The van der Waals surface area contributed by atoms with E-state index in [0.717, 1.165) is 22.4 Å². The van der Waals surface area contributed by atoms with Gasteiger partial charge in [-0.2, -0.15) is 4.79 Å². The third kappa shape index (κ3) is 3.62. The Kier molecular flexibility index (Phi) is 4.85. The zero-order chi connectivity index (χ0) is 19.5. The largest absolute Gasteiger partial charge is 0.492 e. The number of aromatic nitrogens is 2. The van der Waals surface area contributed by atoms with Crippen LogP contribution in [0.3, 0.4) is 0 Å². The normalized spacial score (nSPS) is 16.1. The van der Waals surface area contributed by atoms with Gasteiger partial charge in [-0.1, -0.05) is 60.2 Å². The van der Waals surface area contributed by atoms with Gasteiger partial charge in [0.1, 0.15) is 6.61 Å². The highest BCUT2D eigenvalue weighted by Gasteiger charge is 2.30. The fourth-order valence-electron chi connectivity index (χ4n) is 3.33. The maximum atomic E-state index is 12.9. The Morgan fingerprint density at radius 3 is 2.64 bits per heavy atom. The van der Waals surface area contributed by atoms with Crippen LogP contribution in [-0.2, 0) is 16.1 Å². The van der Waals surface area contributed by atoms with Crippen LogP contribution in [0.4, 0.5) is 5.69 Å². The standard InChI is InChI=1S/C22H21N3O3/c1-16-13-18-9-5-6-10-20(18)24(25-12-11-21(26)23-25)14-19(16)22(27)28-15-17-7-3-2-4-8-17/h2-13,19H,14-15H2,1H3,(H,23,26). The van der Waals surface area contributed by atoms with E-state index >= 15 is 0 Å². The van der Waals surface area contributed by atoms with Crippen molar-refractivity contribution in [3.8, 4) is 5.88 Å². The first-order valence-corrected chi connectivity index (χ1v) is 9.12. The summed E-state index contributed by atoms with van der Waals surface area (Å²) in [6.07, 6.45) is 3.67. The molecule has 1 unspecified atom stereocenters. The fraction of sp³-hybridized carbons (Fsp3) is 0.182. The van der Waals surface area contributed by atoms with Crippen molar-refractivity contribution in [1.82, 2.24) is 9.89 Å². The number of para-hydroxylation sites is 1. The molecule has 0 aliphatic carbocycles. The van der Waals surface area contributed by atoms with Crippen LogP contribution in [0.2, 0.25) is 0 Å². The van der Waals surface area contributed by atoms with Crippen LogP contribution in [0, 0.1) is 5.92 Å². The summed E-state index contributed by atoms with van der Waals surface area (Å²) in [6, 6.07) is 19.0. The van der Waals surface area contributed by atoms with Crippen LogP contribution in [0.1, 0.15) is 18.1 Å². The summed E-state index contributed by atoms with van der Waals surface area (Å²) in [6.45, 7) is 2.53. The molecule has 0 fully saturated rings. The summed E-state index contributed by atoms with van der Waals surface area (Å²) < 4.78 is 5.60. The van der Waals surface area contributed by atoms with Crippen LogP contribution in [-0.4, -0.2) is 27.5 Å². The number of hydrogen-bond donors (Lipinski definition) is 1. The molecule has 1 aromatic heterocycles. The quantitative estimate of drug-likeness (QED) is 0.705. The van der Waals surface area contributed by atoms with E-state index < -0.39 is 5.92 Å². The van der Waals surface area contributed by atoms with Crippen molar-refractivity contribution < 1.29 is 14.6 Å². The predicted molar refractivity (Wildman–Crippen MR) is 106 cm³/mol. The van der Waals surface area contributed by atoms with E-state index in [1.54, 1.807) is 11.0 Å². The molecule has 0 saturated heterocycles. The van der Waals surface area contributed by atoms with Crippen molar-refractivity contribution in [3.63, 3.8) is 0 Å². The van der Waals surface area contributed by atoms with Gasteiger partial charge in [0.05, 0.1) is 24.3 Å². The smallest absolute Gasteiger partial charge is 0.315 e. The van der Waals surface area contributed by atoms with Crippen molar-refractivity contribution in [3.05, 3.63) is 83.6 Å². The number of esters is 1. The number of carbonyl (C=O) groups is 1. The molecular weight excluding hydrogens is 354 g/mol. The molecule has 4 rings (SSSR count). The minimum absolute atomic E-state index is 0.0744. The number of benzene rings is 2. The van der Waals surface area contributed by atoms with Gasteiger partial charge in [0.2, 0.25) is 5.88 Å². The Bertz CT molecular complexity index is 1010. The van der Waals surface area contributed by atoms with E-state index in [1.165, 1.54) is 6.07 Å². The van der Waals surface area contributed by atoms with Gasteiger partial charge < -0.3 is 9.84 Å². The second kappa shape index (κ2) is 7.60. The molecule has 6 nitrogen and oxygen atoms in total. The van der Waals surface area contributed by atoms with Crippen molar-refractivity contribution >= 4 is 17.7 Å². The average molecular weight is 375 g/mol. The fourth-order valence-corrected chi connectivity index (χ4v) is 3.33. The Balaban J connectivity index is 1.62. The zero-order valence-electron chi connectivity index (χ0n) is 15.5. The molecule has 2 heterocycles. The molecule has 0 amide bonds. The van der Waals surface area contributed by atoms with Crippen LogP contribution in [0.5, 0.6) is 5.88 Å². The highest BCUT2D eigenvalue weighted by molar-refractivity contribution is 5.82. The first-order chi connectivity index (χ1) is 13.6. The second-order valence-electron chi connectivity index (χ2n) is 6.77. The molecule has 0 saturated carbocycles. The maximum absolute atomic E-state index is 12.9.